The Morgan fingerprint density at radius 3 is 2.30 bits per heavy atom. The van der Waals surface area contributed by atoms with E-state index in [1.165, 1.54) is 27.3 Å². The van der Waals surface area contributed by atoms with Gasteiger partial charge in [-0.1, -0.05) is 74.6 Å². The van der Waals surface area contributed by atoms with E-state index in [4.69, 9.17) is 4.42 Å². The maximum absolute atomic E-state index is 6.25. The summed E-state index contributed by atoms with van der Waals surface area (Å²) in [4.78, 5) is 13.5. The summed E-state index contributed by atoms with van der Waals surface area (Å²) < 4.78 is 6.25. The number of hydrogen-bond acceptors (Lipinski definition) is 4. The SMILES string of the molecule is CC(C)(C)Cc1ccnc(-c2[c-]cc([Si](C)(C)C)c3c2oc2ncccc23)c1.Cc1cnc(-c2[c-]cccc2)cc1C.[Ir]. The third-order valence-electron chi connectivity index (χ3n) is 7.30. The molecular weight excluding hydrogens is 723 g/mol. The van der Waals surface area contributed by atoms with Crippen molar-refractivity contribution in [2.24, 2.45) is 5.41 Å². The molecule has 0 spiro atoms. The van der Waals surface area contributed by atoms with Gasteiger partial charge in [0.15, 0.2) is 0 Å². The Hall–Kier alpha value is -3.44. The molecule has 223 valence electrons. The van der Waals surface area contributed by atoms with Crippen molar-refractivity contribution in [2.75, 3.05) is 0 Å². The number of pyridine rings is 3. The molecule has 6 heteroatoms. The minimum Gasteiger partial charge on any atom is -0.486 e. The van der Waals surface area contributed by atoms with Gasteiger partial charge in [-0.05, 0) is 60.8 Å². The van der Waals surface area contributed by atoms with E-state index in [1.54, 1.807) is 6.20 Å². The van der Waals surface area contributed by atoms with Crippen LogP contribution in [0.5, 0.6) is 0 Å². The minimum absolute atomic E-state index is 0. The molecule has 0 saturated carbocycles. The van der Waals surface area contributed by atoms with Crippen LogP contribution in [0.4, 0.5) is 0 Å². The van der Waals surface area contributed by atoms with Gasteiger partial charge >= 0.3 is 0 Å². The number of aromatic nitrogens is 3. The van der Waals surface area contributed by atoms with Crippen LogP contribution in [0.3, 0.4) is 0 Å². The summed E-state index contributed by atoms with van der Waals surface area (Å²) in [5.74, 6) is 0. The number of hydrogen-bond donors (Lipinski definition) is 0. The van der Waals surface area contributed by atoms with Gasteiger partial charge in [0.25, 0.3) is 0 Å². The molecule has 0 unspecified atom stereocenters. The molecule has 0 fully saturated rings. The van der Waals surface area contributed by atoms with E-state index >= 15 is 0 Å². The molecule has 0 atom stereocenters. The summed E-state index contributed by atoms with van der Waals surface area (Å²) >= 11 is 0. The van der Waals surface area contributed by atoms with Crippen molar-refractivity contribution in [3.63, 3.8) is 0 Å². The molecule has 0 aliphatic carbocycles. The van der Waals surface area contributed by atoms with Gasteiger partial charge in [-0.2, -0.15) is 0 Å². The topological polar surface area (TPSA) is 51.8 Å². The van der Waals surface area contributed by atoms with Crippen LogP contribution in [-0.4, -0.2) is 23.0 Å². The van der Waals surface area contributed by atoms with Crippen LogP contribution in [0.15, 0.2) is 83.7 Å². The number of nitrogens with zero attached hydrogens (tertiary/aromatic N) is 3. The molecule has 0 saturated heterocycles. The van der Waals surface area contributed by atoms with Gasteiger partial charge in [-0.15, -0.1) is 53.2 Å². The molecule has 4 nitrogen and oxygen atoms in total. The van der Waals surface area contributed by atoms with Gasteiger partial charge in [0.05, 0.1) is 5.58 Å². The van der Waals surface area contributed by atoms with Gasteiger partial charge in [-0.3, -0.25) is 0 Å². The van der Waals surface area contributed by atoms with Crippen molar-refractivity contribution in [1.82, 2.24) is 15.0 Å². The molecule has 0 bridgehead atoms. The van der Waals surface area contributed by atoms with Crippen molar-refractivity contribution in [1.29, 1.82) is 0 Å². The fraction of sp³-hybridized carbons (Fsp3) is 0.270. The average molecular weight is 762 g/mol. The molecule has 4 heterocycles. The van der Waals surface area contributed by atoms with Crippen LogP contribution >= 0.6 is 0 Å². The molecule has 0 aliphatic rings. The Morgan fingerprint density at radius 2 is 1.63 bits per heavy atom. The fourth-order valence-corrected chi connectivity index (χ4v) is 6.60. The monoisotopic (exact) mass is 762 g/mol. The van der Waals surface area contributed by atoms with E-state index in [9.17, 15) is 0 Å². The Labute approximate surface area is 270 Å². The molecule has 43 heavy (non-hydrogen) atoms. The molecule has 1 radical (unpaired) electrons. The van der Waals surface area contributed by atoms with Crippen molar-refractivity contribution < 1.29 is 24.5 Å². The number of fused-ring (bicyclic) bond motifs is 3. The molecule has 6 rings (SSSR count). The molecule has 4 aromatic heterocycles. The number of rotatable bonds is 4. The van der Waals surface area contributed by atoms with E-state index < -0.39 is 8.07 Å². The second kappa shape index (κ2) is 13.0. The first-order valence-corrected chi connectivity index (χ1v) is 18.0. The van der Waals surface area contributed by atoms with Crippen LogP contribution in [-0.2, 0) is 26.5 Å². The number of furan rings is 1. The summed E-state index contributed by atoms with van der Waals surface area (Å²) in [6.07, 6.45) is 6.58. The van der Waals surface area contributed by atoms with Gasteiger partial charge in [0.2, 0.25) is 5.71 Å². The Kier molecular flexibility index (Phi) is 9.85. The van der Waals surface area contributed by atoms with Crippen LogP contribution < -0.4 is 5.19 Å². The summed E-state index contributed by atoms with van der Waals surface area (Å²) in [7, 11) is -1.58. The normalized spacial score (nSPS) is 11.6. The second-order valence-corrected chi connectivity index (χ2v) is 18.2. The third kappa shape index (κ3) is 7.56. The van der Waals surface area contributed by atoms with Crippen molar-refractivity contribution in [2.45, 2.75) is 60.7 Å². The van der Waals surface area contributed by atoms with Crippen LogP contribution in [0.2, 0.25) is 19.6 Å². The molecule has 0 N–H and O–H groups in total. The molecule has 0 aliphatic heterocycles. The van der Waals surface area contributed by atoms with E-state index in [-0.39, 0.29) is 25.5 Å². The van der Waals surface area contributed by atoms with E-state index in [0.29, 0.717) is 5.71 Å². The van der Waals surface area contributed by atoms with Crippen molar-refractivity contribution in [3.8, 4) is 22.5 Å². The third-order valence-corrected chi connectivity index (χ3v) is 9.31. The van der Waals surface area contributed by atoms with Gasteiger partial charge in [0, 0.05) is 52.2 Å². The van der Waals surface area contributed by atoms with E-state index in [1.807, 2.05) is 42.7 Å². The minimum atomic E-state index is -1.58. The number of benzene rings is 2. The Morgan fingerprint density at radius 1 is 0.837 bits per heavy atom. The van der Waals surface area contributed by atoms with Crippen LogP contribution in [0.25, 0.3) is 44.6 Å². The Bertz CT molecular complexity index is 1850. The summed E-state index contributed by atoms with van der Waals surface area (Å²) in [5.41, 5.74) is 9.42. The fourth-order valence-electron chi connectivity index (χ4n) is 5.10. The maximum atomic E-state index is 6.25. The molecule has 6 aromatic rings. The van der Waals surface area contributed by atoms with E-state index in [0.717, 1.165) is 39.9 Å². The zero-order valence-electron chi connectivity index (χ0n) is 26.3. The largest absolute Gasteiger partial charge is 0.486 e. The second-order valence-electron chi connectivity index (χ2n) is 13.2. The van der Waals surface area contributed by atoms with Crippen molar-refractivity contribution >= 4 is 35.3 Å². The van der Waals surface area contributed by atoms with Gasteiger partial charge in [-0.25, -0.2) is 4.98 Å². The molecular formula is C37H39IrN3OSi-2. The smallest absolute Gasteiger partial charge is 0.216 e. The zero-order valence-corrected chi connectivity index (χ0v) is 29.7. The maximum Gasteiger partial charge on any atom is 0.216 e. The van der Waals surface area contributed by atoms with Crippen LogP contribution in [0.1, 0.15) is 37.5 Å². The predicted octanol–water partition coefficient (Wildman–Crippen LogP) is 9.14. The average Bonchev–Trinajstić information content (AvgIpc) is 3.33. The van der Waals surface area contributed by atoms with Crippen LogP contribution in [0, 0.1) is 31.4 Å². The quantitative estimate of drug-likeness (QED) is 0.133. The van der Waals surface area contributed by atoms with Gasteiger partial charge < -0.3 is 14.4 Å². The van der Waals surface area contributed by atoms with E-state index in [2.05, 4.69) is 112 Å². The first kappa shape index (κ1) is 32.5. The zero-order chi connectivity index (χ0) is 30.1. The van der Waals surface area contributed by atoms with Gasteiger partial charge in [0.1, 0.15) is 0 Å². The number of aryl methyl sites for hydroxylation is 2. The summed E-state index contributed by atoms with van der Waals surface area (Å²) in [6, 6.07) is 27.2. The Balaban J connectivity index is 0.000000238. The molecule has 0 amide bonds. The summed E-state index contributed by atoms with van der Waals surface area (Å²) in [6.45, 7) is 18.0. The summed E-state index contributed by atoms with van der Waals surface area (Å²) in [5, 5.41) is 3.61. The molecule has 2 aromatic carbocycles. The first-order chi connectivity index (χ1) is 19.9. The standard InChI is InChI=1S/C24H27N2OSi.C13H12N.Ir/c1-24(2,3)15-16-11-13-25-19(14-16)17-9-10-20(28(4,5)6)21-18-8-7-12-26-23(18)27-22(17)21;1-10-8-13(14-9-11(10)2)12-6-4-3-5-7-12;/h7-8,10-14H,15H2,1-6H3;3-6,8-9H,1-2H3;/q2*-1;. The first-order valence-electron chi connectivity index (χ1n) is 14.5. The predicted molar refractivity (Wildman–Crippen MR) is 178 cm³/mol. The van der Waals surface area contributed by atoms with Crippen molar-refractivity contribution in [3.05, 3.63) is 108 Å².